The molecule has 0 spiro atoms. The Kier molecular flexibility index (Phi) is 6.67. The summed E-state index contributed by atoms with van der Waals surface area (Å²) in [6.07, 6.45) is 2.61. The molecule has 0 unspecified atom stereocenters. The first-order valence-corrected chi connectivity index (χ1v) is 10.9. The van der Waals surface area contributed by atoms with E-state index in [-0.39, 0.29) is 10.6 Å². The number of hydrogen-bond acceptors (Lipinski definition) is 4. The highest BCUT2D eigenvalue weighted by molar-refractivity contribution is 7.89. The van der Waals surface area contributed by atoms with Crippen molar-refractivity contribution in [2.75, 3.05) is 30.3 Å². The number of sulfonamides is 1. The summed E-state index contributed by atoms with van der Waals surface area (Å²) in [4.78, 5) is 12.3. The van der Waals surface area contributed by atoms with E-state index in [9.17, 15) is 26.4 Å². The number of rotatable bonds is 6. The summed E-state index contributed by atoms with van der Waals surface area (Å²) >= 11 is 0. The van der Waals surface area contributed by atoms with Gasteiger partial charge in [0.05, 0.1) is 17.1 Å². The number of carbonyl (C=O) groups is 1. The van der Waals surface area contributed by atoms with E-state index in [1.807, 2.05) is 0 Å². The Morgan fingerprint density at radius 3 is 2.40 bits per heavy atom. The highest BCUT2D eigenvalue weighted by Crippen LogP contribution is 2.25. The molecule has 6 nitrogen and oxygen atoms in total. The van der Waals surface area contributed by atoms with Crippen molar-refractivity contribution in [3.63, 3.8) is 0 Å². The van der Waals surface area contributed by atoms with Gasteiger partial charge >= 0.3 is 0 Å². The van der Waals surface area contributed by atoms with Crippen molar-refractivity contribution >= 4 is 27.3 Å². The van der Waals surface area contributed by atoms with Crippen molar-refractivity contribution in [2.45, 2.75) is 31.1 Å². The van der Waals surface area contributed by atoms with Gasteiger partial charge in [0.25, 0.3) is 0 Å². The quantitative estimate of drug-likeness (QED) is 0.671. The molecular formula is C20H22F3N3O3S. The van der Waals surface area contributed by atoms with Crippen molar-refractivity contribution in [1.29, 1.82) is 0 Å². The number of hydrogen-bond donors (Lipinski definition) is 2. The number of aryl methyl sites for hydroxylation is 1. The minimum atomic E-state index is -3.67. The van der Waals surface area contributed by atoms with E-state index in [1.54, 1.807) is 13.0 Å². The monoisotopic (exact) mass is 441 g/mol. The maximum absolute atomic E-state index is 13.7. The van der Waals surface area contributed by atoms with Crippen LogP contribution in [0, 0.1) is 24.4 Å². The zero-order valence-electron chi connectivity index (χ0n) is 16.3. The molecule has 1 fully saturated rings. The molecule has 10 heteroatoms. The van der Waals surface area contributed by atoms with Crippen LogP contribution in [-0.4, -0.2) is 38.3 Å². The predicted molar refractivity (Wildman–Crippen MR) is 107 cm³/mol. The van der Waals surface area contributed by atoms with Crippen LogP contribution in [0.15, 0.2) is 35.2 Å². The third-order valence-electron chi connectivity index (χ3n) is 4.91. The van der Waals surface area contributed by atoms with Crippen LogP contribution >= 0.6 is 0 Å². The van der Waals surface area contributed by atoms with Crippen LogP contribution in [-0.2, 0) is 14.8 Å². The van der Waals surface area contributed by atoms with Crippen LogP contribution < -0.4 is 10.6 Å². The third kappa shape index (κ3) is 4.76. The maximum atomic E-state index is 13.7. The minimum Gasteiger partial charge on any atom is -0.374 e. The normalized spacial score (nSPS) is 15.1. The van der Waals surface area contributed by atoms with Gasteiger partial charge in [-0.2, -0.15) is 4.31 Å². The number of nitrogens with one attached hydrogen (secondary N) is 2. The molecule has 0 bridgehead atoms. The predicted octanol–water partition coefficient (Wildman–Crippen LogP) is 3.64. The molecule has 0 aliphatic carbocycles. The molecule has 2 N–H and O–H groups in total. The van der Waals surface area contributed by atoms with Crippen LogP contribution in [0.5, 0.6) is 0 Å². The lowest BCUT2D eigenvalue weighted by molar-refractivity contribution is -0.114. The van der Waals surface area contributed by atoms with Crippen molar-refractivity contribution in [1.82, 2.24) is 4.31 Å². The van der Waals surface area contributed by atoms with E-state index in [0.717, 1.165) is 31.4 Å². The number of amides is 1. The molecule has 0 saturated carbocycles. The van der Waals surface area contributed by atoms with Gasteiger partial charge < -0.3 is 10.6 Å². The van der Waals surface area contributed by atoms with Crippen LogP contribution in [0.3, 0.4) is 0 Å². The van der Waals surface area contributed by atoms with Crippen LogP contribution in [0.25, 0.3) is 0 Å². The lowest BCUT2D eigenvalue weighted by atomic mass is 10.2. The van der Waals surface area contributed by atoms with Gasteiger partial charge in [0, 0.05) is 18.8 Å². The average molecular weight is 441 g/mol. The molecule has 1 aliphatic heterocycles. The molecule has 1 heterocycles. The number of piperidine rings is 1. The number of halogens is 3. The first-order chi connectivity index (χ1) is 14.2. The van der Waals surface area contributed by atoms with Gasteiger partial charge in [0.1, 0.15) is 0 Å². The molecule has 162 valence electrons. The number of anilines is 2. The first kappa shape index (κ1) is 22.1. The van der Waals surface area contributed by atoms with Gasteiger partial charge in [-0.1, -0.05) is 12.5 Å². The van der Waals surface area contributed by atoms with Gasteiger partial charge in [-0.05, 0) is 49.6 Å². The molecule has 0 aromatic heterocycles. The summed E-state index contributed by atoms with van der Waals surface area (Å²) in [5, 5.41) is 4.96. The Bertz CT molecular complexity index is 1050. The summed E-state index contributed by atoms with van der Waals surface area (Å²) in [6.45, 7) is 2.20. The number of benzene rings is 2. The van der Waals surface area contributed by atoms with Gasteiger partial charge in [-0.3, -0.25) is 4.79 Å². The van der Waals surface area contributed by atoms with E-state index in [4.69, 9.17) is 0 Å². The Labute approximate surface area is 173 Å². The Balaban J connectivity index is 1.71. The van der Waals surface area contributed by atoms with Gasteiger partial charge in [-0.15, -0.1) is 0 Å². The Hall–Kier alpha value is -2.59. The molecular weight excluding hydrogens is 419 g/mol. The Morgan fingerprint density at radius 2 is 1.70 bits per heavy atom. The van der Waals surface area contributed by atoms with Gasteiger partial charge in [-0.25, -0.2) is 21.6 Å². The largest absolute Gasteiger partial charge is 0.374 e. The molecule has 3 rings (SSSR count). The summed E-state index contributed by atoms with van der Waals surface area (Å²) in [5.74, 6) is -4.99. The minimum absolute atomic E-state index is 0.0740. The fourth-order valence-electron chi connectivity index (χ4n) is 3.18. The number of nitrogens with zero attached hydrogens (tertiary/aromatic N) is 1. The third-order valence-corrected chi connectivity index (χ3v) is 6.81. The molecule has 0 radical (unpaired) electrons. The van der Waals surface area contributed by atoms with E-state index in [1.165, 1.54) is 16.4 Å². The van der Waals surface area contributed by atoms with Crippen molar-refractivity contribution < 1.29 is 26.4 Å². The maximum Gasteiger partial charge on any atom is 0.243 e. The van der Waals surface area contributed by atoms with E-state index in [0.29, 0.717) is 24.3 Å². The lowest BCUT2D eigenvalue weighted by Gasteiger charge is -2.26. The fraction of sp³-hybridized carbons (Fsp3) is 0.350. The van der Waals surface area contributed by atoms with Crippen molar-refractivity contribution in [3.8, 4) is 0 Å². The summed E-state index contributed by atoms with van der Waals surface area (Å²) in [7, 11) is -3.67. The summed E-state index contributed by atoms with van der Waals surface area (Å²) in [5.41, 5.74) is 0.577. The molecule has 30 heavy (non-hydrogen) atoms. The summed E-state index contributed by atoms with van der Waals surface area (Å²) < 4.78 is 67.0. The zero-order chi connectivity index (χ0) is 21.9. The standard InChI is InChI=1S/C20H22F3N3O3S/c1-13-5-6-14(30(28,29)26-9-3-2-4-10-26)11-17(13)25-18(27)12-24-16-8-7-15(21)19(22)20(16)23/h5-8,11,24H,2-4,9-10,12H2,1H3,(H,25,27). The van der Waals surface area contributed by atoms with Gasteiger partial charge in [0.15, 0.2) is 17.5 Å². The van der Waals surface area contributed by atoms with E-state index < -0.39 is 39.9 Å². The Morgan fingerprint density at radius 1 is 1.00 bits per heavy atom. The van der Waals surface area contributed by atoms with Gasteiger partial charge in [0.2, 0.25) is 15.9 Å². The molecule has 0 atom stereocenters. The highest BCUT2D eigenvalue weighted by atomic mass is 32.2. The second kappa shape index (κ2) is 9.05. The molecule has 1 saturated heterocycles. The lowest BCUT2D eigenvalue weighted by Crippen LogP contribution is -2.35. The molecule has 1 amide bonds. The van der Waals surface area contributed by atoms with Crippen LogP contribution in [0.4, 0.5) is 24.5 Å². The molecule has 2 aromatic rings. The second-order valence-electron chi connectivity index (χ2n) is 7.07. The highest BCUT2D eigenvalue weighted by Gasteiger charge is 2.26. The van der Waals surface area contributed by atoms with E-state index >= 15 is 0 Å². The van der Waals surface area contributed by atoms with Crippen molar-refractivity contribution in [3.05, 3.63) is 53.3 Å². The molecule has 1 aliphatic rings. The second-order valence-corrected chi connectivity index (χ2v) is 9.00. The summed E-state index contributed by atoms with van der Waals surface area (Å²) in [6, 6.07) is 6.20. The number of carbonyl (C=O) groups excluding carboxylic acids is 1. The van der Waals surface area contributed by atoms with E-state index in [2.05, 4.69) is 10.6 Å². The molecule has 2 aromatic carbocycles. The van der Waals surface area contributed by atoms with Crippen molar-refractivity contribution in [2.24, 2.45) is 0 Å². The smallest absolute Gasteiger partial charge is 0.243 e. The first-order valence-electron chi connectivity index (χ1n) is 9.48. The van der Waals surface area contributed by atoms with Crippen LogP contribution in [0.1, 0.15) is 24.8 Å². The average Bonchev–Trinajstić information content (AvgIpc) is 2.73. The topological polar surface area (TPSA) is 78.5 Å². The van der Waals surface area contributed by atoms with Crippen LogP contribution in [0.2, 0.25) is 0 Å². The fourth-order valence-corrected chi connectivity index (χ4v) is 4.73. The zero-order valence-corrected chi connectivity index (χ0v) is 17.2. The SMILES string of the molecule is Cc1ccc(S(=O)(=O)N2CCCCC2)cc1NC(=O)CNc1ccc(F)c(F)c1F.